The molecule has 0 atom stereocenters. The van der Waals surface area contributed by atoms with Gasteiger partial charge in [0.15, 0.2) is 0 Å². The maximum absolute atomic E-state index is 13.5. The number of hydrogen-bond donors (Lipinski definition) is 2. The van der Waals surface area contributed by atoms with Crippen LogP contribution in [0.1, 0.15) is 32.6 Å². The molecule has 2 heterocycles. The van der Waals surface area contributed by atoms with E-state index < -0.39 is 0 Å². The monoisotopic (exact) mass is 479 g/mol. The highest BCUT2D eigenvalue weighted by Gasteiger charge is 2.18. The van der Waals surface area contributed by atoms with E-state index >= 15 is 0 Å². The summed E-state index contributed by atoms with van der Waals surface area (Å²) in [6.07, 6.45) is 0.741. The van der Waals surface area contributed by atoms with Gasteiger partial charge in [-0.1, -0.05) is 78.9 Å². The van der Waals surface area contributed by atoms with E-state index in [2.05, 4.69) is 20.8 Å². The first-order chi connectivity index (χ1) is 17.1. The van der Waals surface area contributed by atoms with Crippen LogP contribution in [0.25, 0.3) is 22.2 Å². The van der Waals surface area contributed by atoms with E-state index in [4.69, 9.17) is 4.98 Å². The predicted octanol–water partition coefficient (Wildman–Crippen LogP) is 5.82. The molecule has 2 amide bonds. The predicted molar refractivity (Wildman–Crippen MR) is 139 cm³/mol. The summed E-state index contributed by atoms with van der Waals surface area (Å²) in [7, 11) is 0. The topological polar surface area (TPSA) is 96.9 Å². The minimum absolute atomic E-state index is 0.329. The summed E-state index contributed by atoms with van der Waals surface area (Å²) in [5.74, 6) is -0.700. The lowest BCUT2D eigenvalue weighted by Gasteiger charge is -2.13. The molecule has 5 rings (SSSR count). The number of carbonyl (C=O) groups is 2. The molecule has 3 aromatic carbocycles. The largest absolute Gasteiger partial charge is 0.321 e. The minimum atomic E-state index is -0.371. The van der Waals surface area contributed by atoms with E-state index in [1.54, 1.807) is 30.3 Å². The van der Waals surface area contributed by atoms with Crippen molar-refractivity contribution >= 4 is 44.9 Å². The Kier molecular flexibility index (Phi) is 6.28. The van der Waals surface area contributed by atoms with Crippen molar-refractivity contribution in [3.63, 3.8) is 0 Å². The van der Waals surface area contributed by atoms with Crippen molar-refractivity contribution in [3.8, 4) is 11.3 Å². The molecule has 0 saturated heterocycles. The molecule has 2 aromatic heterocycles. The third kappa shape index (κ3) is 4.78. The lowest BCUT2D eigenvalue weighted by molar-refractivity contribution is 0.102. The van der Waals surface area contributed by atoms with E-state index in [1.165, 1.54) is 11.3 Å². The van der Waals surface area contributed by atoms with Gasteiger partial charge in [-0.25, -0.2) is 4.98 Å². The lowest BCUT2D eigenvalue weighted by atomic mass is 10.0. The van der Waals surface area contributed by atoms with Crippen molar-refractivity contribution in [1.29, 1.82) is 0 Å². The molecular formula is C27H21N5O2S. The number of hydrogen-bond acceptors (Lipinski definition) is 6. The Morgan fingerprint density at radius 3 is 2.31 bits per heavy atom. The third-order valence-electron chi connectivity index (χ3n) is 5.44. The molecule has 8 heteroatoms. The van der Waals surface area contributed by atoms with Crippen molar-refractivity contribution in [1.82, 2.24) is 15.2 Å². The number of anilines is 2. The van der Waals surface area contributed by atoms with Gasteiger partial charge < -0.3 is 5.32 Å². The van der Waals surface area contributed by atoms with Crippen LogP contribution < -0.4 is 10.6 Å². The molecule has 0 unspecified atom stereocenters. The van der Waals surface area contributed by atoms with Gasteiger partial charge in [-0.3, -0.25) is 14.9 Å². The van der Waals surface area contributed by atoms with Crippen molar-refractivity contribution < 1.29 is 9.59 Å². The Balaban J connectivity index is 1.47. The third-order valence-corrected chi connectivity index (χ3v) is 6.42. The minimum Gasteiger partial charge on any atom is -0.321 e. The summed E-state index contributed by atoms with van der Waals surface area (Å²) in [6, 6.07) is 25.9. The number of benzene rings is 3. The first-order valence-electron chi connectivity index (χ1n) is 11.1. The SMILES string of the molecule is CCc1nnc(NC(=O)c2ccccc2NC(=O)c2cc(-c3ccccc3)nc3ccccc23)s1. The molecule has 2 N–H and O–H groups in total. The molecule has 0 radical (unpaired) electrons. The molecule has 0 bridgehead atoms. The van der Waals surface area contributed by atoms with Crippen molar-refractivity contribution in [2.75, 3.05) is 10.6 Å². The Morgan fingerprint density at radius 2 is 1.51 bits per heavy atom. The first-order valence-corrected chi connectivity index (χ1v) is 11.9. The number of nitrogens with one attached hydrogen (secondary N) is 2. The van der Waals surface area contributed by atoms with Crippen LogP contribution in [0.15, 0.2) is 84.9 Å². The average molecular weight is 480 g/mol. The van der Waals surface area contributed by atoms with Crippen LogP contribution in [-0.4, -0.2) is 27.0 Å². The number of pyridine rings is 1. The molecule has 0 spiro atoms. The van der Waals surface area contributed by atoms with Crippen molar-refractivity contribution in [2.24, 2.45) is 0 Å². The van der Waals surface area contributed by atoms with E-state index in [0.29, 0.717) is 33.2 Å². The van der Waals surface area contributed by atoms with Gasteiger partial charge in [0.2, 0.25) is 5.13 Å². The number of carbonyl (C=O) groups excluding carboxylic acids is 2. The van der Waals surface area contributed by atoms with Crippen molar-refractivity contribution in [3.05, 3.63) is 101 Å². The number of aromatic nitrogens is 3. The molecule has 0 saturated carbocycles. The molecule has 5 aromatic rings. The fourth-order valence-corrected chi connectivity index (χ4v) is 4.39. The summed E-state index contributed by atoms with van der Waals surface area (Å²) < 4.78 is 0. The van der Waals surface area contributed by atoms with Gasteiger partial charge in [-0.2, -0.15) is 0 Å². The zero-order valence-corrected chi connectivity index (χ0v) is 19.7. The Bertz CT molecular complexity index is 1530. The van der Waals surface area contributed by atoms with E-state index in [-0.39, 0.29) is 11.8 Å². The molecule has 0 aliphatic heterocycles. The number of nitrogens with zero attached hydrogens (tertiary/aromatic N) is 3. The first kappa shape index (κ1) is 22.4. The average Bonchev–Trinajstić information content (AvgIpc) is 3.36. The second-order valence-electron chi connectivity index (χ2n) is 7.75. The molecule has 35 heavy (non-hydrogen) atoms. The Hall–Kier alpha value is -4.43. The van der Waals surface area contributed by atoms with Gasteiger partial charge in [0.25, 0.3) is 11.8 Å². The highest BCUT2D eigenvalue weighted by Crippen LogP contribution is 2.26. The summed E-state index contributed by atoms with van der Waals surface area (Å²) >= 11 is 1.32. The van der Waals surface area contributed by atoms with Gasteiger partial charge in [0.05, 0.1) is 28.0 Å². The van der Waals surface area contributed by atoms with Gasteiger partial charge in [-0.15, -0.1) is 10.2 Å². The molecule has 0 fully saturated rings. The van der Waals surface area contributed by atoms with Crippen LogP contribution >= 0.6 is 11.3 Å². The van der Waals surface area contributed by atoms with E-state index in [9.17, 15) is 9.59 Å². The lowest BCUT2D eigenvalue weighted by Crippen LogP contribution is -2.18. The number of amides is 2. The zero-order valence-electron chi connectivity index (χ0n) is 18.9. The second kappa shape index (κ2) is 9.82. The summed E-state index contributed by atoms with van der Waals surface area (Å²) in [5, 5.41) is 15.7. The van der Waals surface area contributed by atoms with Gasteiger partial charge in [0.1, 0.15) is 5.01 Å². The summed E-state index contributed by atoms with van der Waals surface area (Å²) in [5.41, 5.74) is 3.53. The Morgan fingerprint density at radius 1 is 0.800 bits per heavy atom. The quantitative estimate of drug-likeness (QED) is 0.320. The second-order valence-corrected chi connectivity index (χ2v) is 8.81. The van der Waals surface area contributed by atoms with Crippen LogP contribution in [0, 0.1) is 0 Å². The van der Waals surface area contributed by atoms with Crippen LogP contribution in [-0.2, 0) is 6.42 Å². The molecule has 0 aliphatic rings. The van der Waals surface area contributed by atoms with Gasteiger partial charge in [0, 0.05) is 10.9 Å². The van der Waals surface area contributed by atoms with E-state index in [0.717, 1.165) is 22.4 Å². The van der Waals surface area contributed by atoms with Crippen LogP contribution in [0.5, 0.6) is 0 Å². The highest BCUT2D eigenvalue weighted by atomic mass is 32.1. The highest BCUT2D eigenvalue weighted by molar-refractivity contribution is 7.15. The number of aryl methyl sites for hydroxylation is 1. The maximum Gasteiger partial charge on any atom is 0.259 e. The number of para-hydroxylation sites is 2. The fraction of sp³-hybridized carbons (Fsp3) is 0.0741. The zero-order chi connectivity index (χ0) is 24.2. The molecular weight excluding hydrogens is 458 g/mol. The number of fused-ring (bicyclic) bond motifs is 1. The fourth-order valence-electron chi connectivity index (χ4n) is 3.71. The van der Waals surface area contributed by atoms with Crippen LogP contribution in [0.2, 0.25) is 0 Å². The molecule has 7 nitrogen and oxygen atoms in total. The smallest absolute Gasteiger partial charge is 0.259 e. The van der Waals surface area contributed by atoms with Crippen LogP contribution in [0.3, 0.4) is 0 Å². The van der Waals surface area contributed by atoms with Gasteiger partial charge in [-0.05, 0) is 30.7 Å². The number of rotatable bonds is 6. The maximum atomic E-state index is 13.5. The van der Waals surface area contributed by atoms with Crippen molar-refractivity contribution in [2.45, 2.75) is 13.3 Å². The molecule has 0 aliphatic carbocycles. The van der Waals surface area contributed by atoms with E-state index in [1.807, 2.05) is 61.5 Å². The molecule has 172 valence electrons. The van der Waals surface area contributed by atoms with Gasteiger partial charge >= 0.3 is 0 Å². The normalized spacial score (nSPS) is 10.8. The summed E-state index contributed by atoms with van der Waals surface area (Å²) in [4.78, 5) is 31.2. The standard InChI is InChI=1S/C27H21N5O2S/c1-2-24-31-32-27(35-24)30-25(33)19-13-7-9-15-22(19)29-26(34)20-16-23(17-10-4-3-5-11-17)28-21-14-8-6-12-18(20)21/h3-16H,2H2,1H3,(H,29,34)(H,30,32,33). The van der Waals surface area contributed by atoms with Crippen LogP contribution in [0.4, 0.5) is 10.8 Å². The summed E-state index contributed by atoms with van der Waals surface area (Å²) in [6.45, 7) is 1.98. The Labute approximate surface area is 205 Å².